The monoisotopic (exact) mass is 283 g/mol. The van der Waals surface area contributed by atoms with E-state index in [0.29, 0.717) is 16.9 Å². The van der Waals surface area contributed by atoms with Crippen LogP contribution >= 0.6 is 0 Å². The fraction of sp³-hybridized carbons (Fsp3) is 0. The summed E-state index contributed by atoms with van der Waals surface area (Å²) in [5.74, 6) is 0.476. The van der Waals surface area contributed by atoms with Crippen LogP contribution in [0.3, 0.4) is 0 Å². The fourth-order valence-corrected chi connectivity index (χ4v) is 1.74. The molecular formula is C13H9N5O3. The normalized spacial score (nSPS) is 10.5. The molecule has 8 nitrogen and oxygen atoms in total. The summed E-state index contributed by atoms with van der Waals surface area (Å²) in [5.41, 5.74) is 7.02. The SMILES string of the molecule is Nc1ccc(-c2nc(-c3cccc([N+](=O)[O-])c3)no2)nc1. The second-order valence-electron chi connectivity index (χ2n) is 4.21. The summed E-state index contributed by atoms with van der Waals surface area (Å²) in [6.07, 6.45) is 1.48. The second-order valence-corrected chi connectivity index (χ2v) is 4.21. The lowest BCUT2D eigenvalue weighted by Crippen LogP contribution is -1.89. The molecule has 0 atom stereocenters. The molecule has 8 heteroatoms. The van der Waals surface area contributed by atoms with Crippen molar-refractivity contribution >= 4 is 11.4 Å². The number of anilines is 1. The molecule has 0 saturated carbocycles. The standard InChI is InChI=1S/C13H9N5O3/c14-9-4-5-11(15-7-9)13-16-12(17-21-13)8-2-1-3-10(6-8)18(19)20/h1-7H,14H2. The molecule has 2 N–H and O–H groups in total. The van der Waals surface area contributed by atoms with E-state index >= 15 is 0 Å². The zero-order chi connectivity index (χ0) is 14.8. The van der Waals surface area contributed by atoms with Gasteiger partial charge in [-0.05, 0) is 12.1 Å². The first-order valence-corrected chi connectivity index (χ1v) is 5.94. The summed E-state index contributed by atoms with van der Waals surface area (Å²) in [5, 5.41) is 14.6. The zero-order valence-corrected chi connectivity index (χ0v) is 10.6. The van der Waals surface area contributed by atoms with Gasteiger partial charge >= 0.3 is 0 Å². The van der Waals surface area contributed by atoms with E-state index in [1.165, 1.54) is 18.3 Å². The maximum absolute atomic E-state index is 10.8. The van der Waals surface area contributed by atoms with E-state index in [4.69, 9.17) is 10.3 Å². The van der Waals surface area contributed by atoms with Crippen LogP contribution < -0.4 is 5.73 Å². The molecule has 0 saturated heterocycles. The Kier molecular flexibility index (Phi) is 3.03. The summed E-state index contributed by atoms with van der Waals surface area (Å²) in [6.45, 7) is 0. The van der Waals surface area contributed by atoms with E-state index in [2.05, 4.69) is 15.1 Å². The maximum Gasteiger partial charge on any atom is 0.276 e. The van der Waals surface area contributed by atoms with Crippen LogP contribution in [-0.2, 0) is 0 Å². The number of hydrogen-bond donors (Lipinski definition) is 1. The quantitative estimate of drug-likeness (QED) is 0.578. The number of non-ortho nitro benzene ring substituents is 1. The van der Waals surface area contributed by atoms with Gasteiger partial charge in [0.25, 0.3) is 11.6 Å². The Balaban J connectivity index is 1.96. The molecule has 0 aliphatic carbocycles. The molecule has 0 radical (unpaired) electrons. The third kappa shape index (κ3) is 2.54. The number of hydrogen-bond acceptors (Lipinski definition) is 7. The van der Waals surface area contributed by atoms with Crippen LogP contribution in [0.5, 0.6) is 0 Å². The van der Waals surface area contributed by atoms with E-state index in [1.807, 2.05) is 0 Å². The van der Waals surface area contributed by atoms with Crippen LogP contribution in [0.25, 0.3) is 23.0 Å². The molecular weight excluding hydrogens is 274 g/mol. The van der Waals surface area contributed by atoms with Gasteiger partial charge in [-0.1, -0.05) is 17.3 Å². The predicted molar refractivity (Wildman–Crippen MR) is 74.0 cm³/mol. The largest absolute Gasteiger partial charge is 0.397 e. The average Bonchev–Trinajstić information content (AvgIpc) is 2.98. The van der Waals surface area contributed by atoms with Crippen molar-refractivity contribution in [2.24, 2.45) is 0 Å². The minimum Gasteiger partial charge on any atom is -0.397 e. The molecule has 104 valence electrons. The first-order valence-electron chi connectivity index (χ1n) is 5.94. The molecule has 0 bridgehead atoms. The number of nitrogens with zero attached hydrogens (tertiary/aromatic N) is 4. The van der Waals surface area contributed by atoms with Crippen molar-refractivity contribution < 1.29 is 9.45 Å². The lowest BCUT2D eigenvalue weighted by atomic mass is 10.2. The Morgan fingerprint density at radius 2 is 2.10 bits per heavy atom. The fourth-order valence-electron chi connectivity index (χ4n) is 1.74. The molecule has 0 spiro atoms. The van der Waals surface area contributed by atoms with Crippen molar-refractivity contribution in [2.45, 2.75) is 0 Å². The van der Waals surface area contributed by atoms with E-state index in [0.717, 1.165) is 0 Å². The first-order chi connectivity index (χ1) is 10.1. The Morgan fingerprint density at radius 3 is 2.81 bits per heavy atom. The lowest BCUT2D eigenvalue weighted by Gasteiger charge is -1.95. The van der Waals surface area contributed by atoms with Crippen LogP contribution in [0.15, 0.2) is 47.1 Å². The minimum atomic E-state index is -0.480. The first kappa shape index (κ1) is 12.7. The zero-order valence-electron chi connectivity index (χ0n) is 10.6. The van der Waals surface area contributed by atoms with Gasteiger partial charge in [-0.25, -0.2) is 4.98 Å². The molecule has 2 aromatic heterocycles. The lowest BCUT2D eigenvalue weighted by molar-refractivity contribution is -0.384. The van der Waals surface area contributed by atoms with Crippen molar-refractivity contribution in [3.05, 3.63) is 52.7 Å². The third-order valence-corrected chi connectivity index (χ3v) is 2.75. The van der Waals surface area contributed by atoms with Gasteiger partial charge in [-0.2, -0.15) is 4.98 Å². The summed E-state index contributed by atoms with van der Waals surface area (Å²) in [6, 6.07) is 9.32. The van der Waals surface area contributed by atoms with Crippen molar-refractivity contribution in [2.75, 3.05) is 5.73 Å². The summed E-state index contributed by atoms with van der Waals surface area (Å²) in [7, 11) is 0. The van der Waals surface area contributed by atoms with Gasteiger partial charge in [-0.15, -0.1) is 0 Å². The molecule has 0 fully saturated rings. The third-order valence-electron chi connectivity index (χ3n) is 2.75. The van der Waals surface area contributed by atoms with Crippen molar-refractivity contribution in [1.82, 2.24) is 15.1 Å². The minimum absolute atomic E-state index is 0.0375. The molecule has 0 aliphatic rings. The maximum atomic E-state index is 10.8. The summed E-state index contributed by atoms with van der Waals surface area (Å²) in [4.78, 5) is 18.5. The molecule has 0 unspecified atom stereocenters. The van der Waals surface area contributed by atoms with E-state index in [9.17, 15) is 10.1 Å². The van der Waals surface area contributed by atoms with Crippen LogP contribution in [0.1, 0.15) is 0 Å². The van der Waals surface area contributed by atoms with Crippen LogP contribution in [0.2, 0.25) is 0 Å². The number of benzene rings is 1. The molecule has 1 aromatic carbocycles. The topological polar surface area (TPSA) is 121 Å². The number of nitrogen functional groups attached to an aromatic ring is 1. The van der Waals surface area contributed by atoms with Gasteiger partial charge in [0.1, 0.15) is 5.69 Å². The number of pyridine rings is 1. The van der Waals surface area contributed by atoms with Crippen molar-refractivity contribution in [3.63, 3.8) is 0 Å². The average molecular weight is 283 g/mol. The highest BCUT2D eigenvalue weighted by Gasteiger charge is 2.14. The molecule has 3 aromatic rings. The highest BCUT2D eigenvalue weighted by molar-refractivity contribution is 5.61. The van der Waals surface area contributed by atoms with Crippen molar-refractivity contribution in [3.8, 4) is 23.0 Å². The van der Waals surface area contributed by atoms with Gasteiger partial charge in [0.15, 0.2) is 0 Å². The van der Waals surface area contributed by atoms with E-state index in [1.54, 1.807) is 24.3 Å². The second kappa shape index (κ2) is 5.00. The summed E-state index contributed by atoms with van der Waals surface area (Å²) < 4.78 is 5.11. The molecule has 3 rings (SSSR count). The Morgan fingerprint density at radius 1 is 1.24 bits per heavy atom. The van der Waals surface area contributed by atoms with Gasteiger partial charge in [0.05, 0.1) is 16.8 Å². The number of aromatic nitrogens is 3. The van der Waals surface area contributed by atoms with Gasteiger partial charge in [0, 0.05) is 17.7 Å². The smallest absolute Gasteiger partial charge is 0.276 e. The van der Waals surface area contributed by atoms with Gasteiger partial charge in [-0.3, -0.25) is 10.1 Å². The molecule has 2 heterocycles. The van der Waals surface area contributed by atoms with Crippen LogP contribution in [-0.4, -0.2) is 20.0 Å². The Hall–Kier alpha value is -3.29. The van der Waals surface area contributed by atoms with Crippen molar-refractivity contribution in [1.29, 1.82) is 0 Å². The van der Waals surface area contributed by atoms with Crippen LogP contribution in [0.4, 0.5) is 11.4 Å². The number of nitro groups is 1. The van der Waals surface area contributed by atoms with Crippen LogP contribution in [0, 0.1) is 10.1 Å². The Labute approximate surface area is 118 Å². The highest BCUT2D eigenvalue weighted by atomic mass is 16.6. The van der Waals surface area contributed by atoms with Gasteiger partial charge < -0.3 is 10.3 Å². The van der Waals surface area contributed by atoms with E-state index < -0.39 is 4.92 Å². The van der Waals surface area contributed by atoms with Gasteiger partial charge in [0.2, 0.25) is 5.82 Å². The Bertz CT molecular complexity index is 798. The highest BCUT2D eigenvalue weighted by Crippen LogP contribution is 2.24. The predicted octanol–water partition coefficient (Wildman–Crippen LogP) is 2.29. The molecule has 21 heavy (non-hydrogen) atoms. The molecule has 0 amide bonds. The van der Waals surface area contributed by atoms with E-state index in [-0.39, 0.29) is 17.4 Å². The summed E-state index contributed by atoms with van der Waals surface area (Å²) >= 11 is 0. The number of nitro benzene ring substituents is 1. The number of nitrogens with two attached hydrogens (primary N) is 1. The molecule has 0 aliphatic heterocycles. The number of rotatable bonds is 3.